The summed E-state index contributed by atoms with van der Waals surface area (Å²) in [5.41, 5.74) is 0.490. The van der Waals surface area contributed by atoms with E-state index in [2.05, 4.69) is 18.7 Å². The van der Waals surface area contributed by atoms with Crippen LogP contribution in [0.1, 0.15) is 53.9 Å². The van der Waals surface area contributed by atoms with Gasteiger partial charge in [0.2, 0.25) is 5.91 Å². The lowest BCUT2D eigenvalue weighted by Crippen LogP contribution is -2.50. The summed E-state index contributed by atoms with van der Waals surface area (Å²) in [4.78, 5) is 31.2. The molecule has 0 aliphatic carbocycles. The maximum atomic E-state index is 13.0. The summed E-state index contributed by atoms with van der Waals surface area (Å²) in [6.45, 7) is 13.4. The van der Waals surface area contributed by atoms with Crippen molar-refractivity contribution in [2.75, 3.05) is 37.6 Å². The largest absolute Gasteiger partial charge is 0.444 e. The first kappa shape index (κ1) is 23.2. The summed E-state index contributed by atoms with van der Waals surface area (Å²) in [5.74, 6) is 0.159. The Balaban J connectivity index is 1.87. The zero-order chi connectivity index (χ0) is 21.4. The van der Waals surface area contributed by atoms with E-state index in [-0.39, 0.29) is 18.0 Å². The average molecular weight is 404 g/mol. The first-order chi connectivity index (χ1) is 13.7. The van der Waals surface area contributed by atoms with E-state index in [1.165, 1.54) is 0 Å². The molecule has 1 aromatic rings. The van der Waals surface area contributed by atoms with Crippen LogP contribution in [0.3, 0.4) is 0 Å². The zero-order valence-electron chi connectivity index (χ0n) is 18.7. The van der Waals surface area contributed by atoms with E-state index in [1.54, 1.807) is 4.90 Å². The van der Waals surface area contributed by atoms with E-state index in [0.717, 1.165) is 31.6 Å². The van der Waals surface area contributed by atoms with Crippen LogP contribution in [0, 0.1) is 0 Å². The summed E-state index contributed by atoms with van der Waals surface area (Å²) in [7, 11) is 0. The molecule has 6 heteroatoms. The summed E-state index contributed by atoms with van der Waals surface area (Å²) < 4.78 is 5.45. The van der Waals surface area contributed by atoms with Gasteiger partial charge in [-0.15, -0.1) is 0 Å². The normalized spacial score (nSPS) is 16.4. The molecular formula is C23H37N3O3. The Morgan fingerprint density at radius 3 is 2.28 bits per heavy atom. The SMILES string of the molecule is CCCC(C)N(C(=O)CCN1CCN(C(=O)OC(C)(C)C)CC1)c1ccccc1. The molecule has 1 saturated heterocycles. The number of carbonyl (C=O) groups is 2. The number of hydrogen-bond donors (Lipinski definition) is 0. The van der Waals surface area contributed by atoms with Crippen molar-refractivity contribution in [3.05, 3.63) is 30.3 Å². The highest BCUT2D eigenvalue weighted by atomic mass is 16.6. The topological polar surface area (TPSA) is 53.1 Å². The van der Waals surface area contributed by atoms with Crippen LogP contribution in [0.15, 0.2) is 30.3 Å². The van der Waals surface area contributed by atoms with Crippen LogP contribution in [0.4, 0.5) is 10.5 Å². The Kier molecular flexibility index (Phi) is 8.50. The van der Waals surface area contributed by atoms with Crippen LogP contribution >= 0.6 is 0 Å². The van der Waals surface area contributed by atoms with E-state index < -0.39 is 5.60 Å². The van der Waals surface area contributed by atoms with Gasteiger partial charge in [-0.25, -0.2) is 4.79 Å². The van der Waals surface area contributed by atoms with Crippen molar-refractivity contribution in [3.8, 4) is 0 Å². The van der Waals surface area contributed by atoms with Crippen molar-refractivity contribution in [2.24, 2.45) is 0 Å². The molecule has 162 valence electrons. The molecular weight excluding hydrogens is 366 g/mol. The molecule has 0 bridgehead atoms. The number of piperazine rings is 1. The minimum Gasteiger partial charge on any atom is -0.444 e. The van der Waals surface area contributed by atoms with Crippen LogP contribution in [0.25, 0.3) is 0 Å². The van der Waals surface area contributed by atoms with Crippen LogP contribution in [-0.4, -0.2) is 66.2 Å². The quantitative estimate of drug-likeness (QED) is 0.686. The molecule has 2 rings (SSSR count). The van der Waals surface area contributed by atoms with Crippen molar-refractivity contribution in [2.45, 2.75) is 65.5 Å². The van der Waals surface area contributed by atoms with Crippen LogP contribution < -0.4 is 4.90 Å². The molecule has 0 spiro atoms. The predicted molar refractivity (Wildman–Crippen MR) is 117 cm³/mol. The van der Waals surface area contributed by atoms with E-state index >= 15 is 0 Å². The number of rotatable bonds is 7. The Morgan fingerprint density at radius 2 is 1.72 bits per heavy atom. The molecule has 29 heavy (non-hydrogen) atoms. The van der Waals surface area contributed by atoms with Crippen LogP contribution in [-0.2, 0) is 9.53 Å². The number of nitrogens with zero attached hydrogens (tertiary/aromatic N) is 3. The number of benzene rings is 1. The number of carbonyl (C=O) groups excluding carboxylic acids is 2. The Labute approximate surface area is 175 Å². The summed E-state index contributed by atoms with van der Waals surface area (Å²) in [6, 6.07) is 10.1. The van der Waals surface area contributed by atoms with E-state index in [4.69, 9.17) is 4.74 Å². The Bertz CT molecular complexity index is 649. The minimum atomic E-state index is -0.475. The molecule has 6 nitrogen and oxygen atoms in total. The summed E-state index contributed by atoms with van der Waals surface area (Å²) in [5, 5.41) is 0. The van der Waals surface area contributed by atoms with Gasteiger partial charge in [0.15, 0.2) is 0 Å². The molecule has 0 N–H and O–H groups in total. The van der Waals surface area contributed by atoms with Crippen molar-refractivity contribution in [1.29, 1.82) is 0 Å². The van der Waals surface area contributed by atoms with E-state index in [1.807, 2.05) is 56.0 Å². The number of ether oxygens (including phenoxy) is 1. The predicted octanol–water partition coefficient (Wildman–Crippen LogP) is 4.15. The monoisotopic (exact) mass is 403 g/mol. The lowest BCUT2D eigenvalue weighted by molar-refractivity contribution is -0.119. The molecule has 1 aliphatic rings. The molecule has 0 aromatic heterocycles. The van der Waals surface area contributed by atoms with Crippen molar-refractivity contribution >= 4 is 17.7 Å². The second-order valence-electron chi connectivity index (χ2n) is 8.80. The molecule has 0 saturated carbocycles. The molecule has 1 aromatic carbocycles. The van der Waals surface area contributed by atoms with Gasteiger partial charge in [-0.05, 0) is 46.2 Å². The minimum absolute atomic E-state index is 0.159. The first-order valence-electron chi connectivity index (χ1n) is 10.8. The van der Waals surface area contributed by atoms with Gasteiger partial charge in [0.05, 0.1) is 0 Å². The number of hydrogen-bond acceptors (Lipinski definition) is 4. The third-order valence-electron chi connectivity index (χ3n) is 5.12. The maximum Gasteiger partial charge on any atom is 0.410 e. The van der Waals surface area contributed by atoms with E-state index in [9.17, 15) is 9.59 Å². The smallest absolute Gasteiger partial charge is 0.410 e. The molecule has 1 atom stereocenters. The third kappa shape index (κ3) is 7.35. The lowest BCUT2D eigenvalue weighted by atomic mass is 10.1. The fourth-order valence-corrected chi connectivity index (χ4v) is 3.63. The molecule has 1 fully saturated rings. The van der Waals surface area contributed by atoms with Gasteiger partial charge in [-0.3, -0.25) is 9.69 Å². The van der Waals surface area contributed by atoms with Crippen LogP contribution in [0.5, 0.6) is 0 Å². The van der Waals surface area contributed by atoms with Crippen LogP contribution in [0.2, 0.25) is 0 Å². The fourth-order valence-electron chi connectivity index (χ4n) is 3.63. The van der Waals surface area contributed by atoms with Crippen molar-refractivity contribution in [1.82, 2.24) is 9.80 Å². The third-order valence-corrected chi connectivity index (χ3v) is 5.12. The second-order valence-corrected chi connectivity index (χ2v) is 8.80. The highest BCUT2D eigenvalue weighted by Crippen LogP contribution is 2.20. The Hall–Kier alpha value is -2.08. The number of anilines is 1. The zero-order valence-corrected chi connectivity index (χ0v) is 18.7. The highest BCUT2D eigenvalue weighted by Gasteiger charge is 2.27. The Morgan fingerprint density at radius 1 is 1.10 bits per heavy atom. The van der Waals surface area contributed by atoms with Gasteiger partial charge in [0.25, 0.3) is 0 Å². The van der Waals surface area contributed by atoms with Gasteiger partial charge < -0.3 is 14.5 Å². The molecule has 1 aliphatic heterocycles. The van der Waals surface area contributed by atoms with Gasteiger partial charge in [-0.1, -0.05) is 31.5 Å². The summed E-state index contributed by atoms with van der Waals surface area (Å²) >= 11 is 0. The molecule has 0 radical (unpaired) electrons. The average Bonchev–Trinajstić information content (AvgIpc) is 2.66. The number of para-hydroxylation sites is 1. The number of amides is 2. The van der Waals surface area contributed by atoms with Gasteiger partial charge in [-0.2, -0.15) is 0 Å². The van der Waals surface area contributed by atoms with Gasteiger partial charge >= 0.3 is 6.09 Å². The highest BCUT2D eigenvalue weighted by molar-refractivity contribution is 5.94. The fraction of sp³-hybridized carbons (Fsp3) is 0.652. The maximum absolute atomic E-state index is 13.0. The van der Waals surface area contributed by atoms with E-state index in [0.29, 0.717) is 26.1 Å². The molecule has 1 unspecified atom stereocenters. The van der Waals surface area contributed by atoms with Gasteiger partial charge in [0.1, 0.15) is 5.60 Å². The second kappa shape index (κ2) is 10.6. The first-order valence-corrected chi connectivity index (χ1v) is 10.8. The lowest BCUT2D eigenvalue weighted by Gasteiger charge is -2.36. The standard InChI is InChI=1S/C23H37N3O3/c1-6-10-19(2)26(20-11-8-7-9-12-20)21(27)13-14-24-15-17-25(18-16-24)22(28)29-23(3,4)5/h7-9,11-12,19H,6,10,13-18H2,1-5H3. The molecule has 2 amide bonds. The van der Waals surface area contributed by atoms with Crippen molar-refractivity contribution in [3.63, 3.8) is 0 Å². The van der Waals surface area contributed by atoms with Gasteiger partial charge in [0, 0.05) is 50.9 Å². The molecule has 1 heterocycles. The van der Waals surface area contributed by atoms with Crippen molar-refractivity contribution < 1.29 is 14.3 Å². The summed E-state index contributed by atoms with van der Waals surface area (Å²) in [6.07, 6.45) is 2.26.